The number of ether oxygens (including phenoxy) is 2. The van der Waals surface area contributed by atoms with Crippen LogP contribution in [-0.4, -0.2) is 53.4 Å². The molecule has 8 nitrogen and oxygen atoms in total. The quantitative estimate of drug-likeness (QED) is 0.278. The molecular formula is C30H36BrNO7. The second-order valence-electron chi connectivity index (χ2n) is 10.7. The van der Waals surface area contributed by atoms with Crippen LogP contribution in [0.5, 0.6) is 0 Å². The van der Waals surface area contributed by atoms with Gasteiger partial charge in [0.2, 0.25) is 0 Å². The molecule has 3 aromatic rings. The van der Waals surface area contributed by atoms with Crippen LogP contribution >= 0.6 is 0 Å². The molecule has 0 radical (unpaired) electrons. The van der Waals surface area contributed by atoms with Gasteiger partial charge in [-0.15, -0.1) is 0 Å². The number of esters is 2. The number of piperidine rings is 1. The molecule has 0 saturated carbocycles. The smallest absolute Gasteiger partial charge is 0.354 e. The van der Waals surface area contributed by atoms with E-state index in [1.807, 2.05) is 6.92 Å². The lowest BCUT2D eigenvalue weighted by Gasteiger charge is -2.47. The molecule has 2 saturated heterocycles. The van der Waals surface area contributed by atoms with E-state index in [4.69, 9.17) is 18.3 Å². The first-order chi connectivity index (χ1) is 18.3. The molecule has 2 bridgehead atoms. The molecule has 2 aliphatic heterocycles. The first kappa shape index (κ1) is 29.1. The summed E-state index contributed by atoms with van der Waals surface area (Å²) in [4.78, 5) is 25.0. The number of benzene rings is 1. The normalized spacial score (nSPS) is 24.1. The number of nitrogens with zero attached hydrogens (tertiary/aromatic N) is 1. The molecule has 1 unspecified atom stereocenters. The second-order valence-corrected chi connectivity index (χ2v) is 10.7. The van der Waals surface area contributed by atoms with E-state index >= 15 is 0 Å². The van der Waals surface area contributed by atoms with Gasteiger partial charge in [-0.2, -0.15) is 0 Å². The highest BCUT2D eigenvalue weighted by molar-refractivity contribution is 5.83. The molecule has 5 rings (SSSR count). The van der Waals surface area contributed by atoms with Gasteiger partial charge in [0.15, 0.2) is 11.5 Å². The van der Waals surface area contributed by atoms with E-state index in [0.717, 1.165) is 42.3 Å². The maximum Gasteiger partial charge on any atom is 0.354 e. The van der Waals surface area contributed by atoms with E-state index in [9.17, 15) is 14.7 Å². The van der Waals surface area contributed by atoms with E-state index in [-0.39, 0.29) is 40.6 Å². The van der Waals surface area contributed by atoms with Crippen LogP contribution in [0.1, 0.15) is 61.7 Å². The van der Waals surface area contributed by atoms with Gasteiger partial charge in [-0.1, -0.05) is 24.3 Å². The number of fused-ring (bicyclic) bond motifs is 2. The summed E-state index contributed by atoms with van der Waals surface area (Å²) in [6.07, 6.45) is 7.23. The van der Waals surface area contributed by atoms with E-state index in [2.05, 4.69) is 31.3 Å². The molecular weight excluding hydrogens is 566 g/mol. The monoisotopic (exact) mass is 601 g/mol. The minimum Gasteiger partial charge on any atom is -1.00 e. The van der Waals surface area contributed by atoms with Crippen molar-refractivity contribution in [1.82, 2.24) is 0 Å². The number of furan rings is 2. The van der Waals surface area contributed by atoms with E-state index in [0.29, 0.717) is 31.5 Å². The Kier molecular flexibility index (Phi) is 9.03. The Hall–Kier alpha value is -2.88. The van der Waals surface area contributed by atoms with Gasteiger partial charge >= 0.3 is 11.9 Å². The molecule has 210 valence electrons. The van der Waals surface area contributed by atoms with Crippen molar-refractivity contribution in [1.29, 1.82) is 0 Å². The van der Waals surface area contributed by atoms with Crippen LogP contribution < -0.4 is 17.0 Å². The lowest BCUT2D eigenvalue weighted by molar-refractivity contribution is -0.961. The lowest BCUT2D eigenvalue weighted by Crippen LogP contribution is -3.00. The molecule has 2 fully saturated rings. The number of carbonyl (C=O) groups excluding carboxylic acids is 2. The lowest BCUT2D eigenvalue weighted by atomic mass is 9.94. The number of aryl methyl sites for hydroxylation is 1. The summed E-state index contributed by atoms with van der Waals surface area (Å²) in [5.74, 6) is -0.798. The Balaban J connectivity index is 0.00000353. The summed E-state index contributed by atoms with van der Waals surface area (Å²) in [5, 5.41) is 11.4. The zero-order valence-electron chi connectivity index (χ0n) is 22.4. The number of hydrogen-bond donors (Lipinski definition) is 1. The summed E-state index contributed by atoms with van der Waals surface area (Å²) in [6, 6.07) is 15.5. The summed E-state index contributed by atoms with van der Waals surface area (Å²) < 4.78 is 22.7. The first-order valence-corrected chi connectivity index (χ1v) is 13.4. The zero-order chi connectivity index (χ0) is 26.8. The predicted molar refractivity (Wildman–Crippen MR) is 138 cm³/mol. The maximum atomic E-state index is 13.4. The topological polar surface area (TPSA) is 99.1 Å². The number of hydrogen-bond acceptors (Lipinski definition) is 7. The molecule has 0 spiro atoms. The average molecular weight is 603 g/mol. The number of aliphatic hydroxyl groups is 1. The van der Waals surface area contributed by atoms with Gasteiger partial charge in [-0.25, -0.2) is 4.79 Å². The van der Waals surface area contributed by atoms with Crippen LogP contribution in [0.4, 0.5) is 0 Å². The van der Waals surface area contributed by atoms with Gasteiger partial charge in [-0.3, -0.25) is 4.79 Å². The molecule has 1 N–H and O–H groups in total. The van der Waals surface area contributed by atoms with Crippen molar-refractivity contribution in [2.75, 3.05) is 13.7 Å². The highest BCUT2D eigenvalue weighted by Crippen LogP contribution is 2.44. The van der Waals surface area contributed by atoms with Crippen molar-refractivity contribution in [2.45, 2.75) is 75.8 Å². The summed E-state index contributed by atoms with van der Waals surface area (Å²) in [7, 11) is 2.30. The largest absolute Gasteiger partial charge is 1.00 e. The molecule has 0 aliphatic carbocycles. The molecule has 39 heavy (non-hydrogen) atoms. The fourth-order valence-electron chi connectivity index (χ4n) is 6.26. The fourth-order valence-corrected chi connectivity index (χ4v) is 6.26. The Morgan fingerprint density at radius 2 is 1.54 bits per heavy atom. The highest BCUT2D eigenvalue weighted by Gasteiger charge is 2.54. The minimum absolute atomic E-state index is 0. The van der Waals surface area contributed by atoms with Gasteiger partial charge in [-0.05, 0) is 43.2 Å². The van der Waals surface area contributed by atoms with Gasteiger partial charge in [0, 0.05) is 37.7 Å². The van der Waals surface area contributed by atoms with Crippen LogP contribution in [0.3, 0.4) is 0 Å². The SMILES string of the molecule is CCOC(=O)CCc1ccc(C[N+]2(C)[C@@H]3CC[C@H]2C[C@H](OC(=O)C(O)(c2ccco2)c2ccco2)C3)cc1.[Br-]. The van der Waals surface area contributed by atoms with Crippen molar-refractivity contribution in [3.05, 3.63) is 83.7 Å². The number of rotatable bonds is 10. The van der Waals surface area contributed by atoms with Crippen LogP contribution in [-0.2, 0) is 37.6 Å². The first-order valence-electron chi connectivity index (χ1n) is 13.4. The third-order valence-electron chi connectivity index (χ3n) is 8.37. The minimum atomic E-state index is -2.13. The van der Waals surface area contributed by atoms with Crippen molar-refractivity contribution >= 4 is 11.9 Å². The third kappa shape index (κ3) is 5.85. The predicted octanol–water partition coefficient (Wildman–Crippen LogP) is 1.49. The van der Waals surface area contributed by atoms with E-state index in [1.165, 1.54) is 18.1 Å². The molecule has 9 heteroatoms. The van der Waals surface area contributed by atoms with Crippen LogP contribution in [0.25, 0.3) is 0 Å². The molecule has 2 aromatic heterocycles. The second kappa shape index (κ2) is 12.1. The standard InChI is InChI=1S/C30H36NO7.BrH/c1-3-35-28(32)15-12-21-8-10-22(11-9-21)20-31(2)23-13-14-24(31)19-25(18-23)38-29(33)30(34,26-6-4-16-36-26)27-7-5-17-37-27;/h4-11,16-17,23-25,34H,3,12-15,18-20H2,1-2H3;1H/q+1;/p-1/t23-,24+,25-,31?;. The Bertz CT molecular complexity index is 1170. The molecule has 0 amide bonds. The molecule has 4 atom stereocenters. The van der Waals surface area contributed by atoms with Gasteiger partial charge in [0.25, 0.3) is 5.60 Å². The van der Waals surface area contributed by atoms with E-state index in [1.54, 1.807) is 24.3 Å². The molecule has 2 aliphatic rings. The zero-order valence-corrected chi connectivity index (χ0v) is 24.0. The maximum absolute atomic E-state index is 13.4. The Labute approximate surface area is 239 Å². The Morgan fingerprint density at radius 3 is 2.05 bits per heavy atom. The molecule has 1 aromatic carbocycles. The van der Waals surface area contributed by atoms with E-state index < -0.39 is 11.6 Å². The summed E-state index contributed by atoms with van der Waals surface area (Å²) in [5.41, 5.74) is 0.250. The molecule has 4 heterocycles. The summed E-state index contributed by atoms with van der Waals surface area (Å²) in [6.45, 7) is 3.13. The van der Waals surface area contributed by atoms with Crippen molar-refractivity contribution in [3.8, 4) is 0 Å². The van der Waals surface area contributed by atoms with Crippen molar-refractivity contribution in [2.24, 2.45) is 0 Å². The number of carbonyl (C=O) groups is 2. The number of quaternary nitrogens is 1. The van der Waals surface area contributed by atoms with Gasteiger partial charge in [0.1, 0.15) is 12.6 Å². The highest BCUT2D eigenvalue weighted by atomic mass is 79.9. The Morgan fingerprint density at radius 1 is 0.974 bits per heavy atom. The number of halogens is 1. The van der Waals surface area contributed by atoms with Gasteiger partial charge < -0.3 is 44.9 Å². The van der Waals surface area contributed by atoms with Gasteiger partial charge in [0.05, 0.1) is 38.3 Å². The van der Waals surface area contributed by atoms with Crippen LogP contribution in [0, 0.1) is 0 Å². The van der Waals surface area contributed by atoms with Crippen LogP contribution in [0.2, 0.25) is 0 Å². The van der Waals surface area contributed by atoms with Crippen molar-refractivity contribution in [3.63, 3.8) is 0 Å². The fraction of sp³-hybridized carbons (Fsp3) is 0.467. The average Bonchev–Trinajstić information content (AvgIpc) is 3.66. The third-order valence-corrected chi connectivity index (χ3v) is 8.37. The van der Waals surface area contributed by atoms with Crippen molar-refractivity contribution < 1.29 is 54.5 Å². The summed E-state index contributed by atoms with van der Waals surface area (Å²) >= 11 is 0. The van der Waals surface area contributed by atoms with Crippen LogP contribution in [0.15, 0.2) is 69.9 Å².